The molecule has 0 aliphatic rings. The zero-order chi connectivity index (χ0) is 14.1. The lowest BCUT2D eigenvalue weighted by Gasteiger charge is -2.15. The molecule has 0 aromatic heterocycles. The van der Waals surface area contributed by atoms with E-state index in [0.717, 1.165) is 0 Å². The van der Waals surface area contributed by atoms with Crippen LogP contribution in [0.3, 0.4) is 0 Å². The van der Waals surface area contributed by atoms with Crippen molar-refractivity contribution in [3.05, 3.63) is 35.9 Å². The minimum Gasteiger partial charge on any atom is -0.479 e. The average molecular weight is 260 g/mol. The zero-order valence-electron chi connectivity index (χ0n) is 10.4. The van der Waals surface area contributed by atoms with Crippen molar-refractivity contribution < 1.29 is 14.7 Å². The molecule has 0 aliphatic heterocycles. The van der Waals surface area contributed by atoms with Gasteiger partial charge in [-0.25, -0.2) is 9.59 Å². The highest BCUT2D eigenvalue weighted by atomic mass is 16.4. The van der Waals surface area contributed by atoms with E-state index in [4.69, 9.17) is 11.5 Å². The summed E-state index contributed by atoms with van der Waals surface area (Å²) >= 11 is 0. The standard InChI is InChI=1S/C14H16N2O3/c1-2-3-7-10-15-14(19)16-12(13(17)18)11-8-5-4-6-9-11/h1,4-6,8-9,12H,3,7,10H2,(H,17,18)(H2,15,16,19). The molecule has 0 saturated carbocycles. The third-order valence-electron chi connectivity index (χ3n) is 2.44. The van der Waals surface area contributed by atoms with E-state index in [0.29, 0.717) is 24.9 Å². The lowest BCUT2D eigenvalue weighted by atomic mass is 10.1. The van der Waals surface area contributed by atoms with Crippen LogP contribution in [0, 0.1) is 12.3 Å². The molecule has 2 amide bonds. The van der Waals surface area contributed by atoms with Gasteiger partial charge in [-0.1, -0.05) is 30.3 Å². The Morgan fingerprint density at radius 2 is 2.00 bits per heavy atom. The number of nitrogens with one attached hydrogen (secondary N) is 2. The van der Waals surface area contributed by atoms with Gasteiger partial charge >= 0.3 is 12.0 Å². The van der Waals surface area contributed by atoms with E-state index in [1.165, 1.54) is 0 Å². The van der Waals surface area contributed by atoms with E-state index in [-0.39, 0.29) is 0 Å². The fraction of sp³-hybridized carbons (Fsp3) is 0.286. The molecule has 19 heavy (non-hydrogen) atoms. The highest BCUT2D eigenvalue weighted by molar-refractivity contribution is 5.83. The number of hydrogen-bond acceptors (Lipinski definition) is 2. The molecule has 1 rings (SSSR count). The van der Waals surface area contributed by atoms with Gasteiger partial charge in [0, 0.05) is 13.0 Å². The van der Waals surface area contributed by atoms with Crippen molar-refractivity contribution in [2.75, 3.05) is 6.54 Å². The van der Waals surface area contributed by atoms with Gasteiger partial charge in [-0.3, -0.25) is 0 Å². The Hall–Kier alpha value is -2.48. The van der Waals surface area contributed by atoms with Crippen molar-refractivity contribution in [3.63, 3.8) is 0 Å². The van der Waals surface area contributed by atoms with Crippen LogP contribution in [-0.4, -0.2) is 23.7 Å². The molecule has 0 aliphatic carbocycles. The molecule has 1 aromatic carbocycles. The largest absolute Gasteiger partial charge is 0.479 e. The summed E-state index contributed by atoms with van der Waals surface area (Å²) in [6.45, 7) is 0.414. The molecule has 0 saturated heterocycles. The Bertz CT molecular complexity index is 465. The number of terminal acetylenes is 1. The Morgan fingerprint density at radius 3 is 2.58 bits per heavy atom. The van der Waals surface area contributed by atoms with E-state index in [9.17, 15) is 9.59 Å². The summed E-state index contributed by atoms with van der Waals surface area (Å²) in [6.07, 6.45) is 6.32. The molecule has 0 spiro atoms. The molecule has 5 heteroatoms. The molecular formula is C14H16N2O3. The lowest BCUT2D eigenvalue weighted by Crippen LogP contribution is -2.41. The van der Waals surface area contributed by atoms with Crippen molar-refractivity contribution in [2.24, 2.45) is 0 Å². The van der Waals surface area contributed by atoms with Gasteiger partial charge in [-0.15, -0.1) is 12.3 Å². The van der Waals surface area contributed by atoms with Gasteiger partial charge in [0.15, 0.2) is 6.04 Å². The Balaban J connectivity index is 2.53. The van der Waals surface area contributed by atoms with Gasteiger partial charge < -0.3 is 15.7 Å². The van der Waals surface area contributed by atoms with Crippen LogP contribution in [0.15, 0.2) is 30.3 Å². The summed E-state index contributed by atoms with van der Waals surface area (Å²) in [6, 6.07) is 6.94. The van der Waals surface area contributed by atoms with E-state index in [2.05, 4.69) is 16.6 Å². The Morgan fingerprint density at radius 1 is 1.32 bits per heavy atom. The van der Waals surface area contributed by atoms with Gasteiger partial charge in [0.25, 0.3) is 0 Å². The van der Waals surface area contributed by atoms with Crippen molar-refractivity contribution >= 4 is 12.0 Å². The van der Waals surface area contributed by atoms with E-state index in [1.54, 1.807) is 30.3 Å². The topological polar surface area (TPSA) is 78.4 Å². The molecular weight excluding hydrogens is 244 g/mol. The van der Waals surface area contributed by atoms with Crippen LogP contribution >= 0.6 is 0 Å². The van der Waals surface area contributed by atoms with E-state index >= 15 is 0 Å². The fourth-order valence-electron chi connectivity index (χ4n) is 1.51. The monoisotopic (exact) mass is 260 g/mol. The minimum absolute atomic E-state index is 0.414. The maximum atomic E-state index is 11.6. The smallest absolute Gasteiger partial charge is 0.330 e. The van der Waals surface area contributed by atoms with Gasteiger partial charge in [-0.2, -0.15) is 0 Å². The van der Waals surface area contributed by atoms with Crippen molar-refractivity contribution in [1.82, 2.24) is 10.6 Å². The van der Waals surface area contributed by atoms with Crippen molar-refractivity contribution in [1.29, 1.82) is 0 Å². The number of aliphatic carboxylic acids is 1. The number of hydrogen-bond donors (Lipinski definition) is 3. The first-order valence-corrected chi connectivity index (χ1v) is 5.90. The summed E-state index contributed by atoms with van der Waals surface area (Å²) < 4.78 is 0. The van der Waals surface area contributed by atoms with Gasteiger partial charge in [-0.05, 0) is 12.0 Å². The van der Waals surface area contributed by atoms with Crippen LogP contribution in [0.1, 0.15) is 24.4 Å². The van der Waals surface area contributed by atoms with E-state index in [1.807, 2.05) is 0 Å². The quantitative estimate of drug-likeness (QED) is 0.536. The second-order valence-electron chi connectivity index (χ2n) is 3.89. The first-order chi connectivity index (χ1) is 9.15. The number of carbonyl (C=O) groups excluding carboxylic acids is 1. The van der Waals surface area contributed by atoms with Crippen LogP contribution in [0.5, 0.6) is 0 Å². The number of rotatable bonds is 6. The highest BCUT2D eigenvalue weighted by Crippen LogP contribution is 2.12. The molecule has 1 atom stereocenters. The zero-order valence-corrected chi connectivity index (χ0v) is 10.4. The lowest BCUT2D eigenvalue weighted by molar-refractivity contribution is -0.139. The second kappa shape index (κ2) is 7.77. The van der Waals surface area contributed by atoms with Crippen LogP contribution in [0.2, 0.25) is 0 Å². The third kappa shape index (κ3) is 5.13. The molecule has 3 N–H and O–H groups in total. The summed E-state index contributed by atoms with van der Waals surface area (Å²) in [4.78, 5) is 22.7. The maximum Gasteiger partial charge on any atom is 0.330 e. The molecule has 5 nitrogen and oxygen atoms in total. The number of carboxylic acids is 1. The molecule has 1 unspecified atom stereocenters. The molecule has 1 aromatic rings. The summed E-state index contributed by atoms with van der Waals surface area (Å²) in [5, 5.41) is 14.1. The molecule has 0 radical (unpaired) electrons. The predicted molar refractivity (Wildman–Crippen MR) is 71.4 cm³/mol. The summed E-state index contributed by atoms with van der Waals surface area (Å²) in [5.74, 6) is 1.35. The van der Waals surface area contributed by atoms with Crippen molar-refractivity contribution in [2.45, 2.75) is 18.9 Å². The van der Waals surface area contributed by atoms with Gasteiger partial charge in [0.2, 0.25) is 0 Å². The molecule has 100 valence electrons. The van der Waals surface area contributed by atoms with E-state index < -0.39 is 18.0 Å². The Kier molecular flexibility index (Phi) is 5.96. The number of unbranched alkanes of at least 4 members (excludes halogenated alkanes) is 1. The van der Waals surface area contributed by atoms with Crippen LogP contribution in [0.25, 0.3) is 0 Å². The first-order valence-electron chi connectivity index (χ1n) is 5.90. The normalized spacial score (nSPS) is 11.1. The first kappa shape index (κ1) is 14.6. The van der Waals surface area contributed by atoms with Crippen LogP contribution < -0.4 is 10.6 Å². The van der Waals surface area contributed by atoms with Crippen LogP contribution in [-0.2, 0) is 4.79 Å². The average Bonchev–Trinajstić information content (AvgIpc) is 2.41. The minimum atomic E-state index is -1.11. The number of carboxylic acid groups (broad SMARTS) is 1. The SMILES string of the molecule is C#CCCCNC(=O)NC(C(=O)O)c1ccccc1. The number of carbonyl (C=O) groups is 2. The van der Waals surface area contributed by atoms with Gasteiger partial charge in [0.1, 0.15) is 0 Å². The van der Waals surface area contributed by atoms with Gasteiger partial charge in [0.05, 0.1) is 0 Å². The second-order valence-corrected chi connectivity index (χ2v) is 3.89. The summed E-state index contributed by atoms with van der Waals surface area (Å²) in [5.41, 5.74) is 0.522. The van der Waals surface area contributed by atoms with Crippen LogP contribution in [0.4, 0.5) is 4.79 Å². The fourth-order valence-corrected chi connectivity index (χ4v) is 1.51. The third-order valence-corrected chi connectivity index (χ3v) is 2.44. The predicted octanol–water partition coefficient (Wildman–Crippen LogP) is 1.52. The number of amides is 2. The summed E-state index contributed by atoms with van der Waals surface area (Å²) in [7, 11) is 0. The molecule has 0 heterocycles. The number of benzene rings is 1. The highest BCUT2D eigenvalue weighted by Gasteiger charge is 2.21. The maximum absolute atomic E-state index is 11.6. The molecule has 0 fully saturated rings. The number of urea groups is 1. The molecule has 0 bridgehead atoms. The van der Waals surface area contributed by atoms with Crippen molar-refractivity contribution in [3.8, 4) is 12.3 Å². The Labute approximate surface area is 112 Å².